The second kappa shape index (κ2) is 9.15. The molecule has 6 heteroatoms. The lowest BCUT2D eigenvalue weighted by atomic mass is 10.2. The number of carbonyl (C=O) groups is 2. The van der Waals surface area contributed by atoms with E-state index in [1.54, 1.807) is 19.0 Å². The number of nitrogens with one attached hydrogen (secondary N) is 1. The molecule has 0 aromatic rings. The largest absolute Gasteiger partial charge is 0.349 e. The number of carbonyl (C=O) groups excluding carboxylic acids is 2. The molecule has 0 aromatic carbocycles. The Morgan fingerprint density at radius 1 is 1.32 bits per heavy atom. The topological polar surface area (TPSA) is 52.7 Å². The van der Waals surface area contributed by atoms with Gasteiger partial charge in [-0.25, -0.2) is 0 Å². The van der Waals surface area contributed by atoms with Gasteiger partial charge >= 0.3 is 0 Å². The molecule has 1 aliphatic rings. The minimum absolute atomic E-state index is 0. The van der Waals surface area contributed by atoms with Crippen LogP contribution in [0.25, 0.3) is 0 Å². The molecule has 0 spiro atoms. The van der Waals surface area contributed by atoms with Gasteiger partial charge in [-0.3, -0.25) is 9.59 Å². The first-order chi connectivity index (χ1) is 8.56. The van der Waals surface area contributed by atoms with Crippen molar-refractivity contribution in [3.8, 4) is 0 Å². The van der Waals surface area contributed by atoms with Gasteiger partial charge in [0.2, 0.25) is 11.8 Å². The number of rotatable bonds is 6. The van der Waals surface area contributed by atoms with Crippen molar-refractivity contribution in [3.05, 3.63) is 0 Å². The van der Waals surface area contributed by atoms with Gasteiger partial charge in [0.05, 0.1) is 0 Å². The Labute approximate surface area is 122 Å². The first-order valence-corrected chi connectivity index (χ1v) is 6.70. The fourth-order valence-corrected chi connectivity index (χ4v) is 2.37. The molecule has 1 N–H and O–H groups in total. The molecule has 112 valence electrons. The van der Waals surface area contributed by atoms with E-state index < -0.39 is 0 Å². The molecule has 0 saturated carbocycles. The van der Waals surface area contributed by atoms with Crippen LogP contribution in [0.15, 0.2) is 0 Å². The number of hydrogen-bond acceptors (Lipinski definition) is 3. The first kappa shape index (κ1) is 18.2. The third kappa shape index (κ3) is 5.78. The van der Waals surface area contributed by atoms with Crippen LogP contribution in [0.3, 0.4) is 0 Å². The zero-order valence-electron chi connectivity index (χ0n) is 12.1. The molecular weight excluding hydrogens is 266 g/mol. The van der Waals surface area contributed by atoms with Crippen molar-refractivity contribution in [2.75, 3.05) is 34.2 Å². The highest BCUT2D eigenvalue weighted by Gasteiger charge is 2.27. The van der Waals surface area contributed by atoms with Crippen LogP contribution < -0.4 is 5.32 Å². The molecule has 0 radical (unpaired) electrons. The highest BCUT2D eigenvalue weighted by atomic mass is 35.5. The molecule has 5 nitrogen and oxygen atoms in total. The number of likely N-dealkylation sites (tertiary alicyclic amines) is 1. The summed E-state index contributed by atoms with van der Waals surface area (Å²) in [5.41, 5.74) is 0. The Bertz CT molecular complexity index is 298. The lowest BCUT2D eigenvalue weighted by molar-refractivity contribution is -0.132. The van der Waals surface area contributed by atoms with Crippen LogP contribution in [0.1, 0.15) is 32.1 Å². The van der Waals surface area contributed by atoms with Crippen molar-refractivity contribution < 1.29 is 9.59 Å². The highest BCUT2D eigenvalue weighted by molar-refractivity contribution is 5.85. The molecule has 1 rings (SSSR count). The second-order valence-corrected chi connectivity index (χ2v) is 5.08. The van der Waals surface area contributed by atoms with Crippen molar-refractivity contribution in [2.45, 2.75) is 38.1 Å². The predicted octanol–water partition coefficient (Wildman–Crippen LogP) is 0.877. The van der Waals surface area contributed by atoms with E-state index in [9.17, 15) is 9.59 Å². The third-order valence-electron chi connectivity index (χ3n) is 3.42. The molecular formula is C13H26ClN3O2. The Balaban J connectivity index is 0.00000324. The SMILES string of the molecule is CNCC1CCCN1C(=O)CCCC(=O)N(C)C.Cl. The fraction of sp³-hybridized carbons (Fsp3) is 0.846. The van der Waals surface area contributed by atoms with Crippen LogP contribution in [-0.2, 0) is 9.59 Å². The van der Waals surface area contributed by atoms with E-state index in [4.69, 9.17) is 0 Å². The van der Waals surface area contributed by atoms with Gasteiger partial charge in [0.15, 0.2) is 0 Å². The Morgan fingerprint density at radius 2 is 2.00 bits per heavy atom. The van der Waals surface area contributed by atoms with E-state index >= 15 is 0 Å². The number of nitrogens with zero attached hydrogens (tertiary/aromatic N) is 2. The van der Waals surface area contributed by atoms with E-state index in [1.165, 1.54) is 0 Å². The smallest absolute Gasteiger partial charge is 0.222 e. The van der Waals surface area contributed by atoms with E-state index in [1.807, 2.05) is 11.9 Å². The third-order valence-corrected chi connectivity index (χ3v) is 3.42. The maximum Gasteiger partial charge on any atom is 0.222 e. The van der Waals surface area contributed by atoms with Gasteiger partial charge in [-0.2, -0.15) is 0 Å². The van der Waals surface area contributed by atoms with Gasteiger partial charge in [0.25, 0.3) is 0 Å². The maximum atomic E-state index is 12.1. The van der Waals surface area contributed by atoms with Crippen LogP contribution >= 0.6 is 12.4 Å². The van der Waals surface area contributed by atoms with Gasteiger partial charge in [0.1, 0.15) is 0 Å². The molecule has 0 aliphatic carbocycles. The minimum atomic E-state index is 0. The molecule has 1 saturated heterocycles. The van der Waals surface area contributed by atoms with Crippen LogP contribution in [0, 0.1) is 0 Å². The van der Waals surface area contributed by atoms with Crippen molar-refractivity contribution in [3.63, 3.8) is 0 Å². The zero-order chi connectivity index (χ0) is 13.5. The fourth-order valence-electron chi connectivity index (χ4n) is 2.37. The zero-order valence-corrected chi connectivity index (χ0v) is 13.0. The van der Waals surface area contributed by atoms with Crippen molar-refractivity contribution in [2.24, 2.45) is 0 Å². The molecule has 2 amide bonds. The van der Waals surface area contributed by atoms with E-state index in [2.05, 4.69) is 5.32 Å². The van der Waals surface area contributed by atoms with Gasteiger partial charge in [-0.05, 0) is 26.3 Å². The van der Waals surface area contributed by atoms with Crippen LogP contribution in [-0.4, -0.2) is 61.9 Å². The molecule has 19 heavy (non-hydrogen) atoms. The molecule has 1 fully saturated rings. The normalized spacial score (nSPS) is 18.1. The molecule has 1 aliphatic heterocycles. The van der Waals surface area contributed by atoms with Gasteiger partial charge in [0, 0.05) is 46.1 Å². The summed E-state index contributed by atoms with van der Waals surface area (Å²) in [6.07, 6.45) is 3.78. The summed E-state index contributed by atoms with van der Waals surface area (Å²) >= 11 is 0. The van der Waals surface area contributed by atoms with E-state index in [0.29, 0.717) is 25.3 Å². The molecule has 0 aromatic heterocycles. The maximum absolute atomic E-state index is 12.1. The molecule has 1 heterocycles. The standard InChI is InChI=1S/C13H25N3O2.ClH/c1-14-10-11-6-5-9-16(11)13(18)8-4-7-12(17)15(2)3;/h11,14H,4-10H2,1-3H3;1H. The van der Waals surface area contributed by atoms with Crippen LogP contribution in [0.4, 0.5) is 0 Å². The summed E-state index contributed by atoms with van der Waals surface area (Å²) in [4.78, 5) is 27.0. The lowest BCUT2D eigenvalue weighted by Gasteiger charge is -2.24. The number of likely N-dealkylation sites (N-methyl/N-ethyl adjacent to an activating group) is 1. The van der Waals surface area contributed by atoms with E-state index in [0.717, 1.165) is 25.9 Å². The molecule has 0 bridgehead atoms. The summed E-state index contributed by atoms with van der Waals surface area (Å²) in [6.45, 7) is 1.73. The molecule has 1 atom stereocenters. The Morgan fingerprint density at radius 3 is 2.58 bits per heavy atom. The summed E-state index contributed by atoms with van der Waals surface area (Å²) in [5.74, 6) is 0.287. The lowest BCUT2D eigenvalue weighted by Crippen LogP contribution is -2.40. The Kier molecular flexibility index (Phi) is 8.76. The van der Waals surface area contributed by atoms with Crippen molar-refractivity contribution in [1.29, 1.82) is 0 Å². The predicted molar refractivity (Wildman–Crippen MR) is 78.5 cm³/mol. The summed E-state index contributed by atoms with van der Waals surface area (Å²) in [7, 11) is 5.40. The average molecular weight is 292 g/mol. The number of halogens is 1. The first-order valence-electron chi connectivity index (χ1n) is 6.70. The van der Waals surface area contributed by atoms with Gasteiger partial charge in [-0.1, -0.05) is 0 Å². The molecule has 1 unspecified atom stereocenters. The van der Waals surface area contributed by atoms with Gasteiger partial charge < -0.3 is 15.1 Å². The second-order valence-electron chi connectivity index (χ2n) is 5.08. The van der Waals surface area contributed by atoms with Crippen LogP contribution in [0.5, 0.6) is 0 Å². The summed E-state index contributed by atoms with van der Waals surface area (Å²) < 4.78 is 0. The quantitative estimate of drug-likeness (QED) is 0.790. The Hall–Kier alpha value is -0.810. The summed E-state index contributed by atoms with van der Waals surface area (Å²) in [5, 5.41) is 3.13. The van der Waals surface area contributed by atoms with Crippen molar-refractivity contribution >= 4 is 24.2 Å². The highest BCUT2D eigenvalue weighted by Crippen LogP contribution is 2.18. The number of hydrogen-bond donors (Lipinski definition) is 1. The monoisotopic (exact) mass is 291 g/mol. The van der Waals surface area contributed by atoms with Gasteiger partial charge in [-0.15, -0.1) is 12.4 Å². The van der Waals surface area contributed by atoms with Crippen molar-refractivity contribution in [1.82, 2.24) is 15.1 Å². The average Bonchev–Trinajstić information content (AvgIpc) is 2.77. The number of amides is 2. The minimum Gasteiger partial charge on any atom is -0.349 e. The van der Waals surface area contributed by atoms with Crippen LogP contribution in [0.2, 0.25) is 0 Å². The van der Waals surface area contributed by atoms with E-state index in [-0.39, 0.29) is 24.2 Å². The summed E-state index contributed by atoms with van der Waals surface area (Å²) in [6, 6.07) is 0.340.